The number of hydrogen-bond donors (Lipinski definition) is 0. The van der Waals surface area contributed by atoms with Crippen LogP contribution in [0.3, 0.4) is 0 Å². The highest BCUT2D eigenvalue weighted by atomic mass is 28.5. The van der Waals surface area contributed by atoms with Crippen LogP contribution in [0.15, 0.2) is 0 Å². The molecule has 3 amide bonds. The Balaban J connectivity index is -0.00000173. The second-order valence-electron chi connectivity index (χ2n) is 42.0. The van der Waals surface area contributed by atoms with E-state index in [1.807, 2.05) is 21.1 Å². The van der Waals surface area contributed by atoms with Gasteiger partial charge in [0, 0.05) is 58.9 Å². The molecule has 121 heavy (non-hydrogen) atoms. The summed E-state index contributed by atoms with van der Waals surface area (Å²) in [4.78, 5) is 37.1. The fourth-order valence-corrected chi connectivity index (χ4v) is 82.4. The van der Waals surface area contributed by atoms with Crippen LogP contribution in [0, 0.1) is 0 Å². The Labute approximate surface area is 778 Å². The summed E-state index contributed by atoms with van der Waals surface area (Å²) < 4.78 is 79.7. The first kappa shape index (κ1) is 127. The third-order valence-electron chi connectivity index (χ3n) is 21.3. The SMILES string of the molecule is CN(C=O)CCCCCCCCCC[Si](C)(C)O[Si](C)(C)CCCCCCCC[Si](O[SiH](C)C)(O[SiH](C)C)O[SiH](C)C.CN(C=O)CCCCCCCCCC[Si](C)(C)O[Si](C)(C)CCCCCCCC[Si](O[SiH](C)C)(O[SiH](C)C)O[SiH](C)C.CN(C=O)CCCCCCCCCC[Si](C)(C)O[Si](C)(C)CCC[Si](O[SiH](C)C)(O[SiH](C)C)O[SiH](C)C. The predicted octanol–water partition coefficient (Wildman–Crippen LogP) is 24.8. The van der Waals surface area contributed by atoms with Gasteiger partial charge in [0.15, 0.2) is 131 Å². The molecule has 18 nitrogen and oxygen atoms in total. The summed E-state index contributed by atoms with van der Waals surface area (Å²) in [6, 6.07) is 10.6. The van der Waals surface area contributed by atoms with E-state index in [1.54, 1.807) is 14.7 Å². The lowest BCUT2D eigenvalue weighted by Crippen LogP contribution is -2.53. The lowest BCUT2D eigenvalue weighted by Gasteiger charge is -2.37. The van der Waals surface area contributed by atoms with E-state index in [4.69, 9.17) is 49.4 Å². The first-order valence-electron chi connectivity index (χ1n) is 50.0. The fourth-order valence-electron chi connectivity index (χ4n) is 16.6. The maximum atomic E-state index is 10.6. The Morgan fingerprint density at radius 1 is 0.182 bits per heavy atom. The normalized spacial score (nSPS) is 13.1. The molecule has 0 aromatic rings. The van der Waals surface area contributed by atoms with E-state index in [-0.39, 0.29) is 0 Å². The van der Waals surface area contributed by atoms with Crippen molar-refractivity contribution in [3.05, 3.63) is 0 Å². The second-order valence-corrected chi connectivity index (χ2v) is 102. The average Bonchev–Trinajstić information content (AvgIpc) is 0.836. The summed E-state index contributed by atoms with van der Waals surface area (Å²) >= 11 is 0. The number of hydrogen-bond acceptors (Lipinski definition) is 15. The smallest absolute Gasteiger partial charge is 0.455 e. The van der Waals surface area contributed by atoms with Crippen molar-refractivity contribution in [3.63, 3.8) is 0 Å². The molecular weight excluding hydrogens is 1810 g/mol. The van der Waals surface area contributed by atoms with E-state index in [2.05, 4.69) is 196 Å². The zero-order chi connectivity index (χ0) is 92.7. The molecule has 0 aliphatic carbocycles. The summed E-state index contributed by atoms with van der Waals surface area (Å²) in [6.45, 7) is 72.4. The number of carbonyl (C=O) groups excluding carboxylic acids is 3. The van der Waals surface area contributed by atoms with Crippen LogP contribution in [0.4, 0.5) is 0 Å². The standard InChI is InChI=1S/2C30H73NO5Si6.C25H63NO5Si6/c2*1-31(30-32)26-22-18-14-12-13-15-19-23-27-40(8,9)36-41(10,11)28-24-20-16-17-21-25-29-42(33-37(2)3,34-38(4)5)35-39(6)7;1-26(25-27)21-18-16-14-12-13-15-17-19-22-35(8,9)31-36(10,11)23-20-24-37(28-32(2)3,29-33(4)5)30-34(6)7/h2*30,37-39H,12-29H2,1-11H3;25,32-34H,12-24H2,1-11H3. The van der Waals surface area contributed by atoms with Gasteiger partial charge in [-0.15, -0.1) is 0 Å². The van der Waals surface area contributed by atoms with E-state index in [0.717, 1.165) is 88.7 Å². The molecule has 0 aromatic carbocycles. The van der Waals surface area contributed by atoms with Gasteiger partial charge >= 0.3 is 26.4 Å². The van der Waals surface area contributed by atoms with Gasteiger partial charge in [-0.1, -0.05) is 199 Å². The number of nitrogens with zero attached hydrogens (tertiary/aromatic N) is 3. The minimum absolute atomic E-state index is 0.888. The van der Waals surface area contributed by atoms with Crippen LogP contribution < -0.4 is 0 Å². The van der Waals surface area contributed by atoms with Crippen LogP contribution in [0.1, 0.15) is 238 Å². The largest absolute Gasteiger partial charge is 0.468 e. The second kappa shape index (κ2) is 73.3. The Bertz CT molecular complexity index is 2250. The molecule has 0 saturated carbocycles. The molecule has 0 radical (unpaired) electrons. The highest BCUT2D eigenvalue weighted by molar-refractivity contribution is 6.87. The van der Waals surface area contributed by atoms with Gasteiger partial charge in [-0.2, -0.15) is 0 Å². The average molecular weight is 2020 g/mol. The van der Waals surface area contributed by atoms with Gasteiger partial charge in [-0.05, 0) is 271 Å². The van der Waals surface area contributed by atoms with Crippen molar-refractivity contribution < 1.29 is 63.8 Å². The van der Waals surface area contributed by atoms with Gasteiger partial charge < -0.3 is 64.1 Å². The zero-order valence-corrected chi connectivity index (χ0v) is 106. The lowest BCUT2D eigenvalue weighted by molar-refractivity contribution is -0.117. The van der Waals surface area contributed by atoms with E-state index >= 15 is 0 Å². The molecule has 0 aliphatic rings. The molecule has 0 unspecified atom stereocenters. The van der Waals surface area contributed by atoms with Crippen molar-refractivity contribution in [1.29, 1.82) is 0 Å². The Morgan fingerprint density at radius 3 is 0.438 bits per heavy atom. The summed E-state index contributed by atoms with van der Waals surface area (Å²) in [7, 11) is -22.5. The third kappa shape index (κ3) is 81.1. The van der Waals surface area contributed by atoms with E-state index < -0.39 is 158 Å². The minimum Gasteiger partial charge on any atom is -0.455 e. The Hall–Kier alpha value is 1.83. The number of carbonyl (C=O) groups is 3. The molecule has 0 bridgehead atoms. The molecule has 726 valence electrons. The van der Waals surface area contributed by atoms with Crippen LogP contribution >= 0.6 is 0 Å². The molecule has 0 saturated heterocycles. The van der Waals surface area contributed by atoms with Crippen molar-refractivity contribution >= 4 is 177 Å². The van der Waals surface area contributed by atoms with Crippen molar-refractivity contribution in [2.75, 3.05) is 40.8 Å². The molecule has 0 heterocycles. The first-order chi connectivity index (χ1) is 56.4. The lowest BCUT2D eigenvalue weighted by atomic mass is 10.1. The summed E-state index contributed by atoms with van der Waals surface area (Å²) in [5.74, 6) is 0. The highest BCUT2D eigenvalue weighted by Gasteiger charge is 2.46. The summed E-state index contributed by atoms with van der Waals surface area (Å²) in [5, 5.41) is 0. The minimum atomic E-state index is -2.55. The number of amides is 3. The number of rotatable bonds is 82. The molecule has 0 fully saturated rings. The molecule has 0 rings (SSSR count). The molecule has 0 N–H and O–H groups in total. The van der Waals surface area contributed by atoms with Gasteiger partial charge in [0.2, 0.25) is 19.2 Å². The van der Waals surface area contributed by atoms with Crippen LogP contribution in [0.5, 0.6) is 0 Å². The van der Waals surface area contributed by atoms with E-state index in [0.29, 0.717) is 0 Å². The summed E-state index contributed by atoms with van der Waals surface area (Å²) in [6.07, 6.45) is 50.4. The van der Waals surface area contributed by atoms with Gasteiger partial charge in [0.05, 0.1) is 0 Å². The van der Waals surface area contributed by atoms with Crippen LogP contribution in [0.25, 0.3) is 0 Å². The van der Waals surface area contributed by atoms with Gasteiger partial charge in [0.1, 0.15) is 0 Å². The van der Waals surface area contributed by atoms with Crippen LogP contribution in [-0.4, -0.2) is 232 Å². The fraction of sp³-hybridized carbons (Fsp3) is 0.965. The van der Waals surface area contributed by atoms with Crippen molar-refractivity contribution in [2.24, 2.45) is 0 Å². The van der Waals surface area contributed by atoms with Gasteiger partial charge in [0.25, 0.3) is 0 Å². The van der Waals surface area contributed by atoms with E-state index in [9.17, 15) is 14.4 Å². The molecule has 0 aliphatic heterocycles. The monoisotopic (exact) mass is 2020 g/mol. The quantitative estimate of drug-likeness (QED) is 0.0320. The summed E-state index contributed by atoms with van der Waals surface area (Å²) in [5.41, 5.74) is 0. The maximum Gasteiger partial charge on any atom is 0.468 e. The topological polar surface area (TPSA) is 172 Å². The van der Waals surface area contributed by atoms with Crippen LogP contribution in [-0.2, 0) is 63.8 Å². The van der Waals surface area contributed by atoms with Crippen LogP contribution in [0.2, 0.25) is 251 Å². The van der Waals surface area contributed by atoms with Gasteiger partial charge in [-0.3, -0.25) is 14.4 Å². The van der Waals surface area contributed by atoms with Crippen molar-refractivity contribution in [2.45, 2.75) is 488 Å². The molecular formula is C85H209N3O15Si18. The molecule has 0 atom stereocenters. The molecule has 0 aromatic heterocycles. The van der Waals surface area contributed by atoms with Crippen molar-refractivity contribution in [1.82, 2.24) is 14.7 Å². The Morgan fingerprint density at radius 2 is 0.298 bits per heavy atom. The first-order valence-corrected chi connectivity index (χ1v) is 99.5. The predicted molar refractivity (Wildman–Crippen MR) is 575 cm³/mol. The van der Waals surface area contributed by atoms with E-state index in [1.165, 1.54) is 242 Å². The molecule has 0 spiro atoms. The molecule has 36 heteroatoms. The highest BCUT2D eigenvalue weighted by Crippen LogP contribution is 2.33. The third-order valence-corrected chi connectivity index (χ3v) is 76.7. The maximum absolute atomic E-state index is 10.6. The number of unbranched alkanes of at least 4 members (excludes halogenated alkanes) is 31. The Kier molecular flexibility index (Phi) is 76.9. The van der Waals surface area contributed by atoms with Gasteiger partial charge in [-0.25, -0.2) is 0 Å². The zero-order valence-electron chi connectivity index (χ0n) is 86.5. The van der Waals surface area contributed by atoms with Crippen molar-refractivity contribution in [3.8, 4) is 0 Å².